The Labute approximate surface area is 160 Å². The lowest BCUT2D eigenvalue weighted by molar-refractivity contribution is 0.169. The number of methoxy groups -OCH3 is 2. The fraction of sp³-hybridized carbons (Fsp3) is 0.611. The van der Waals surface area contributed by atoms with Crippen LogP contribution in [-0.2, 0) is 10.0 Å². The zero-order valence-corrected chi connectivity index (χ0v) is 16.6. The van der Waals surface area contributed by atoms with E-state index in [4.69, 9.17) is 9.47 Å². The molecule has 0 radical (unpaired) electrons. The van der Waals surface area contributed by atoms with Gasteiger partial charge in [0, 0.05) is 38.3 Å². The molecule has 3 rings (SSSR count). The van der Waals surface area contributed by atoms with Crippen LogP contribution in [0.2, 0.25) is 0 Å². The molecule has 2 aliphatic rings. The Morgan fingerprint density at radius 1 is 1.04 bits per heavy atom. The van der Waals surface area contributed by atoms with Crippen LogP contribution in [0.15, 0.2) is 23.1 Å². The Bertz CT molecular complexity index is 769. The second-order valence-corrected chi connectivity index (χ2v) is 8.78. The molecular formula is C18H27N3O5S. The summed E-state index contributed by atoms with van der Waals surface area (Å²) in [6.07, 6.45) is 4.36. The molecule has 2 fully saturated rings. The van der Waals surface area contributed by atoms with Gasteiger partial charge in [-0.15, -0.1) is 0 Å². The van der Waals surface area contributed by atoms with Gasteiger partial charge in [0.15, 0.2) is 11.5 Å². The van der Waals surface area contributed by atoms with Crippen molar-refractivity contribution in [2.45, 2.75) is 36.6 Å². The number of sulfonamides is 1. The monoisotopic (exact) mass is 397 g/mol. The standard InChI is InChI=1S/C18H27N3O5S/c1-25-16-8-7-15(13-17(16)26-2)27(23,24)21-11-9-20(10-12-21)18(22)19-14-5-3-4-6-14/h7-8,13-14H,3-6,9-12H2,1-2H3,(H,19,22). The lowest BCUT2D eigenvalue weighted by Crippen LogP contribution is -2.54. The molecular weight excluding hydrogens is 370 g/mol. The zero-order chi connectivity index (χ0) is 19.4. The van der Waals surface area contributed by atoms with Crippen LogP contribution in [-0.4, -0.2) is 70.1 Å². The molecule has 2 amide bonds. The number of nitrogens with zero attached hydrogens (tertiary/aromatic N) is 2. The van der Waals surface area contributed by atoms with Gasteiger partial charge >= 0.3 is 6.03 Å². The molecule has 0 bridgehead atoms. The largest absolute Gasteiger partial charge is 0.493 e. The fourth-order valence-corrected chi connectivity index (χ4v) is 5.03. The maximum Gasteiger partial charge on any atom is 0.317 e. The number of rotatable bonds is 5. The normalized spacial score (nSPS) is 19.1. The molecule has 1 saturated heterocycles. The van der Waals surface area contributed by atoms with Gasteiger partial charge in [0.25, 0.3) is 0 Å². The first-order valence-corrected chi connectivity index (χ1v) is 10.7. The summed E-state index contributed by atoms with van der Waals surface area (Å²) < 4.78 is 37.6. The minimum Gasteiger partial charge on any atom is -0.493 e. The van der Waals surface area contributed by atoms with Crippen molar-refractivity contribution in [2.75, 3.05) is 40.4 Å². The van der Waals surface area contributed by atoms with E-state index in [1.165, 1.54) is 30.7 Å². The van der Waals surface area contributed by atoms with E-state index >= 15 is 0 Å². The minimum absolute atomic E-state index is 0.0925. The van der Waals surface area contributed by atoms with Crippen LogP contribution in [0, 0.1) is 0 Å². The lowest BCUT2D eigenvalue weighted by Gasteiger charge is -2.34. The molecule has 1 aliphatic carbocycles. The minimum atomic E-state index is -3.65. The molecule has 1 aromatic carbocycles. The predicted octanol–water partition coefficient (Wildman–Crippen LogP) is 1.66. The van der Waals surface area contributed by atoms with Gasteiger partial charge in [0.05, 0.1) is 19.1 Å². The van der Waals surface area contributed by atoms with Crippen LogP contribution >= 0.6 is 0 Å². The van der Waals surface area contributed by atoms with Crippen molar-refractivity contribution in [2.24, 2.45) is 0 Å². The van der Waals surface area contributed by atoms with E-state index in [9.17, 15) is 13.2 Å². The average Bonchev–Trinajstić information content (AvgIpc) is 3.20. The molecule has 1 aromatic rings. The summed E-state index contributed by atoms with van der Waals surface area (Å²) in [6, 6.07) is 4.72. The first-order chi connectivity index (χ1) is 13.0. The second kappa shape index (κ2) is 8.35. The van der Waals surface area contributed by atoms with Gasteiger partial charge in [-0.2, -0.15) is 4.31 Å². The first-order valence-electron chi connectivity index (χ1n) is 9.23. The number of hydrogen-bond acceptors (Lipinski definition) is 5. The lowest BCUT2D eigenvalue weighted by atomic mass is 10.2. The number of nitrogens with one attached hydrogen (secondary N) is 1. The number of carbonyl (C=O) groups is 1. The van der Waals surface area contributed by atoms with Crippen molar-refractivity contribution >= 4 is 16.1 Å². The van der Waals surface area contributed by atoms with Crippen LogP contribution in [0.3, 0.4) is 0 Å². The topological polar surface area (TPSA) is 88.2 Å². The Morgan fingerprint density at radius 2 is 1.67 bits per heavy atom. The molecule has 0 atom stereocenters. The number of amides is 2. The number of ether oxygens (including phenoxy) is 2. The molecule has 8 nitrogen and oxygen atoms in total. The Hall–Kier alpha value is -2.00. The van der Waals surface area contributed by atoms with Gasteiger partial charge in [-0.05, 0) is 25.0 Å². The van der Waals surface area contributed by atoms with Crippen LogP contribution in [0.4, 0.5) is 4.79 Å². The molecule has 1 heterocycles. The Kier molecular flexibility index (Phi) is 6.11. The molecule has 27 heavy (non-hydrogen) atoms. The smallest absolute Gasteiger partial charge is 0.317 e. The van der Waals surface area contributed by atoms with E-state index in [2.05, 4.69) is 5.32 Å². The first kappa shape index (κ1) is 19.8. The number of urea groups is 1. The maximum atomic E-state index is 12.9. The third-order valence-corrected chi connectivity index (χ3v) is 7.10. The summed E-state index contributed by atoms with van der Waals surface area (Å²) in [5, 5.41) is 3.05. The highest BCUT2D eigenvalue weighted by atomic mass is 32.2. The molecule has 9 heteroatoms. The van der Waals surface area contributed by atoms with Gasteiger partial charge in [0.1, 0.15) is 0 Å². The highest BCUT2D eigenvalue weighted by Gasteiger charge is 2.31. The average molecular weight is 397 g/mol. The Morgan fingerprint density at radius 3 is 2.26 bits per heavy atom. The molecule has 1 saturated carbocycles. The third-order valence-electron chi connectivity index (χ3n) is 5.20. The maximum absolute atomic E-state index is 12.9. The van der Waals surface area contributed by atoms with Crippen LogP contribution < -0.4 is 14.8 Å². The van der Waals surface area contributed by atoms with E-state index < -0.39 is 10.0 Å². The summed E-state index contributed by atoms with van der Waals surface area (Å²) in [5.41, 5.74) is 0. The summed E-state index contributed by atoms with van der Waals surface area (Å²) in [5.74, 6) is 0.845. The second-order valence-electron chi connectivity index (χ2n) is 6.84. The van der Waals surface area contributed by atoms with E-state index in [0.717, 1.165) is 25.7 Å². The van der Waals surface area contributed by atoms with Crippen LogP contribution in [0.25, 0.3) is 0 Å². The van der Waals surface area contributed by atoms with Crippen molar-refractivity contribution in [3.05, 3.63) is 18.2 Å². The number of piperazine rings is 1. The van der Waals surface area contributed by atoms with Gasteiger partial charge < -0.3 is 19.7 Å². The zero-order valence-electron chi connectivity index (χ0n) is 15.8. The van der Waals surface area contributed by atoms with Gasteiger partial charge in [-0.3, -0.25) is 0 Å². The predicted molar refractivity (Wildman–Crippen MR) is 101 cm³/mol. The molecule has 0 aromatic heterocycles. The highest BCUT2D eigenvalue weighted by Crippen LogP contribution is 2.31. The summed E-state index contributed by atoms with van der Waals surface area (Å²) in [6.45, 7) is 1.31. The highest BCUT2D eigenvalue weighted by molar-refractivity contribution is 7.89. The van der Waals surface area contributed by atoms with Crippen LogP contribution in [0.5, 0.6) is 11.5 Å². The van der Waals surface area contributed by atoms with E-state index in [1.54, 1.807) is 11.0 Å². The van der Waals surface area contributed by atoms with Crippen molar-refractivity contribution in [1.29, 1.82) is 0 Å². The summed E-state index contributed by atoms with van der Waals surface area (Å²) >= 11 is 0. The van der Waals surface area contributed by atoms with Gasteiger partial charge in [-0.1, -0.05) is 12.8 Å². The molecule has 1 N–H and O–H groups in total. The van der Waals surface area contributed by atoms with Crippen molar-refractivity contribution in [3.63, 3.8) is 0 Å². The van der Waals surface area contributed by atoms with Gasteiger partial charge in [-0.25, -0.2) is 13.2 Å². The molecule has 0 spiro atoms. The molecule has 0 unspecified atom stereocenters. The summed E-state index contributed by atoms with van der Waals surface area (Å²) in [4.78, 5) is 14.2. The van der Waals surface area contributed by atoms with E-state index in [-0.39, 0.29) is 30.1 Å². The number of carbonyl (C=O) groups excluding carboxylic acids is 1. The van der Waals surface area contributed by atoms with Gasteiger partial charge in [0.2, 0.25) is 10.0 Å². The van der Waals surface area contributed by atoms with E-state index in [1.807, 2.05) is 0 Å². The quantitative estimate of drug-likeness (QED) is 0.816. The number of hydrogen-bond donors (Lipinski definition) is 1. The molecule has 150 valence electrons. The summed E-state index contributed by atoms with van der Waals surface area (Å²) in [7, 11) is -0.682. The Balaban J connectivity index is 1.63. The fourth-order valence-electron chi connectivity index (χ4n) is 3.59. The molecule has 1 aliphatic heterocycles. The van der Waals surface area contributed by atoms with Crippen molar-refractivity contribution in [1.82, 2.24) is 14.5 Å². The third kappa shape index (κ3) is 4.30. The number of benzene rings is 1. The van der Waals surface area contributed by atoms with Crippen LogP contribution in [0.1, 0.15) is 25.7 Å². The van der Waals surface area contributed by atoms with E-state index in [0.29, 0.717) is 24.6 Å². The van der Waals surface area contributed by atoms with Crippen molar-refractivity contribution < 1.29 is 22.7 Å². The van der Waals surface area contributed by atoms with Crippen molar-refractivity contribution in [3.8, 4) is 11.5 Å². The SMILES string of the molecule is COc1ccc(S(=O)(=O)N2CCN(C(=O)NC3CCCC3)CC2)cc1OC.